The molecule has 0 aliphatic carbocycles. The smallest absolute Gasteiger partial charge is 0.227 e. The van der Waals surface area contributed by atoms with Crippen LogP contribution in [-0.4, -0.2) is 33.9 Å². The number of benzene rings is 2. The average Bonchev–Trinajstić information content (AvgIpc) is 3.31. The van der Waals surface area contributed by atoms with Crippen LogP contribution >= 0.6 is 11.3 Å². The Morgan fingerprint density at radius 2 is 1.76 bits per heavy atom. The van der Waals surface area contributed by atoms with Crippen LogP contribution < -0.4 is 10.2 Å². The fourth-order valence-electron chi connectivity index (χ4n) is 4.19. The van der Waals surface area contributed by atoms with Crippen molar-refractivity contribution in [2.24, 2.45) is 5.92 Å². The van der Waals surface area contributed by atoms with E-state index in [1.807, 2.05) is 73.0 Å². The second kappa shape index (κ2) is 9.50. The topological polar surface area (TPSA) is 71.0 Å². The SMILES string of the molecule is Cc1nc(-c2ccccc2NC(=O)C2CCN(c3cc(-c4ccccc4)ncn3)CC2)cs1. The number of carbonyl (C=O) groups is 1. The minimum atomic E-state index is -0.0260. The largest absolute Gasteiger partial charge is 0.356 e. The minimum absolute atomic E-state index is 0.0260. The zero-order valence-electron chi connectivity index (χ0n) is 18.4. The molecule has 1 N–H and O–H groups in total. The number of aryl methyl sites for hydroxylation is 1. The number of nitrogens with zero attached hydrogens (tertiary/aromatic N) is 4. The highest BCUT2D eigenvalue weighted by Crippen LogP contribution is 2.30. The maximum Gasteiger partial charge on any atom is 0.227 e. The van der Waals surface area contributed by atoms with Crippen LogP contribution in [0.4, 0.5) is 11.5 Å². The second-order valence-electron chi connectivity index (χ2n) is 8.18. The molecule has 1 aliphatic heterocycles. The summed E-state index contributed by atoms with van der Waals surface area (Å²) < 4.78 is 0. The van der Waals surface area contributed by atoms with E-state index in [4.69, 9.17) is 0 Å². The Hall–Kier alpha value is -3.58. The number of nitrogens with one attached hydrogen (secondary N) is 1. The lowest BCUT2D eigenvalue weighted by Crippen LogP contribution is -2.38. The Labute approximate surface area is 197 Å². The summed E-state index contributed by atoms with van der Waals surface area (Å²) in [5.41, 5.74) is 4.67. The predicted octanol–water partition coefficient (Wildman–Crippen LogP) is 5.43. The van der Waals surface area contributed by atoms with E-state index in [2.05, 4.69) is 25.2 Å². The normalized spacial score (nSPS) is 14.3. The van der Waals surface area contributed by atoms with Gasteiger partial charge < -0.3 is 10.2 Å². The standard InChI is InChI=1S/C26H25N5OS/c1-18-29-24(16-33-18)21-9-5-6-10-22(21)30-26(32)20-11-13-31(14-12-20)25-15-23(27-17-28-25)19-7-3-2-4-8-19/h2-10,15-17,20H,11-14H2,1H3,(H,30,32). The third-order valence-corrected chi connectivity index (χ3v) is 6.77. The van der Waals surface area contributed by atoms with E-state index in [0.717, 1.165) is 65.0 Å². The number of carbonyl (C=O) groups excluding carboxylic acids is 1. The molecule has 6 nitrogen and oxygen atoms in total. The first kappa shape index (κ1) is 21.3. The van der Waals surface area contributed by atoms with Gasteiger partial charge in [0.25, 0.3) is 0 Å². The molecule has 1 fully saturated rings. The van der Waals surface area contributed by atoms with E-state index < -0.39 is 0 Å². The van der Waals surface area contributed by atoms with Crippen molar-refractivity contribution < 1.29 is 4.79 Å². The van der Waals surface area contributed by atoms with Crippen molar-refractivity contribution >= 4 is 28.7 Å². The quantitative estimate of drug-likeness (QED) is 0.434. The molecule has 4 aromatic rings. The van der Waals surface area contributed by atoms with Crippen molar-refractivity contribution in [3.63, 3.8) is 0 Å². The van der Waals surface area contributed by atoms with Crippen LogP contribution in [0, 0.1) is 12.8 Å². The molecule has 2 aromatic heterocycles. The number of anilines is 2. The number of para-hydroxylation sites is 1. The van der Waals surface area contributed by atoms with Crippen LogP contribution in [0.2, 0.25) is 0 Å². The summed E-state index contributed by atoms with van der Waals surface area (Å²) in [4.78, 5) is 28.8. The number of thiazole rings is 1. The third-order valence-electron chi connectivity index (χ3n) is 5.99. The van der Waals surface area contributed by atoms with E-state index in [9.17, 15) is 4.79 Å². The average molecular weight is 456 g/mol. The monoisotopic (exact) mass is 455 g/mol. The molecule has 0 saturated carbocycles. The van der Waals surface area contributed by atoms with E-state index in [1.165, 1.54) is 0 Å². The fourth-order valence-corrected chi connectivity index (χ4v) is 4.81. The zero-order chi connectivity index (χ0) is 22.6. The van der Waals surface area contributed by atoms with Gasteiger partial charge in [-0.05, 0) is 25.8 Å². The molecule has 33 heavy (non-hydrogen) atoms. The van der Waals surface area contributed by atoms with Gasteiger partial charge in [-0.1, -0.05) is 48.5 Å². The molecule has 0 unspecified atom stereocenters. The van der Waals surface area contributed by atoms with E-state index >= 15 is 0 Å². The molecule has 166 valence electrons. The van der Waals surface area contributed by atoms with Crippen LogP contribution in [0.5, 0.6) is 0 Å². The number of amides is 1. The molecule has 1 amide bonds. The first-order valence-electron chi connectivity index (χ1n) is 11.1. The lowest BCUT2D eigenvalue weighted by atomic mass is 9.95. The fraction of sp³-hybridized carbons (Fsp3) is 0.231. The molecule has 7 heteroatoms. The van der Waals surface area contributed by atoms with Gasteiger partial charge >= 0.3 is 0 Å². The number of piperidine rings is 1. The van der Waals surface area contributed by atoms with Gasteiger partial charge in [0.15, 0.2) is 0 Å². The van der Waals surface area contributed by atoms with Crippen LogP contribution in [0.1, 0.15) is 17.8 Å². The molecule has 3 heterocycles. The van der Waals surface area contributed by atoms with Crippen molar-refractivity contribution in [3.8, 4) is 22.5 Å². The molecule has 1 saturated heterocycles. The van der Waals surface area contributed by atoms with E-state index in [0.29, 0.717) is 0 Å². The molecule has 0 radical (unpaired) electrons. The Morgan fingerprint density at radius 3 is 2.52 bits per heavy atom. The Kier molecular flexibility index (Phi) is 6.13. The lowest BCUT2D eigenvalue weighted by Gasteiger charge is -2.32. The Morgan fingerprint density at radius 1 is 1.00 bits per heavy atom. The van der Waals surface area contributed by atoms with Gasteiger partial charge in [-0.15, -0.1) is 11.3 Å². The summed E-state index contributed by atoms with van der Waals surface area (Å²) in [5.74, 6) is 0.954. The molecule has 0 spiro atoms. The molecule has 0 bridgehead atoms. The van der Waals surface area contributed by atoms with Gasteiger partial charge in [-0.25, -0.2) is 15.0 Å². The molecular formula is C26H25N5OS. The molecule has 1 aliphatic rings. The summed E-state index contributed by atoms with van der Waals surface area (Å²) >= 11 is 1.61. The van der Waals surface area contributed by atoms with Gasteiger partial charge in [-0.3, -0.25) is 4.79 Å². The highest BCUT2D eigenvalue weighted by Gasteiger charge is 2.26. The van der Waals surface area contributed by atoms with E-state index in [1.54, 1.807) is 17.7 Å². The van der Waals surface area contributed by atoms with Crippen molar-refractivity contribution in [1.29, 1.82) is 0 Å². The first-order chi connectivity index (χ1) is 16.2. The van der Waals surface area contributed by atoms with Crippen molar-refractivity contribution in [2.45, 2.75) is 19.8 Å². The summed E-state index contributed by atoms with van der Waals surface area (Å²) in [6.07, 6.45) is 3.19. The van der Waals surface area contributed by atoms with Crippen LogP contribution in [-0.2, 0) is 4.79 Å². The van der Waals surface area contributed by atoms with E-state index in [-0.39, 0.29) is 11.8 Å². The van der Waals surface area contributed by atoms with Gasteiger partial charge in [-0.2, -0.15) is 0 Å². The van der Waals surface area contributed by atoms with Gasteiger partial charge in [0, 0.05) is 41.6 Å². The molecule has 0 atom stereocenters. The molecular weight excluding hydrogens is 430 g/mol. The highest BCUT2D eigenvalue weighted by molar-refractivity contribution is 7.09. The van der Waals surface area contributed by atoms with Gasteiger partial charge in [0.05, 0.1) is 22.1 Å². The maximum absolute atomic E-state index is 13.1. The summed E-state index contributed by atoms with van der Waals surface area (Å²) in [5, 5.41) is 6.20. The Balaban J connectivity index is 1.24. The number of rotatable bonds is 5. The third kappa shape index (κ3) is 4.78. The molecule has 5 rings (SSSR count). The number of aromatic nitrogens is 3. The number of hydrogen-bond donors (Lipinski definition) is 1. The summed E-state index contributed by atoms with van der Waals surface area (Å²) in [7, 11) is 0. The van der Waals surface area contributed by atoms with Crippen molar-refractivity contribution in [3.05, 3.63) is 77.4 Å². The maximum atomic E-state index is 13.1. The van der Waals surface area contributed by atoms with Crippen LogP contribution in [0.25, 0.3) is 22.5 Å². The van der Waals surface area contributed by atoms with Crippen molar-refractivity contribution in [2.75, 3.05) is 23.3 Å². The highest BCUT2D eigenvalue weighted by atomic mass is 32.1. The molecule has 2 aromatic carbocycles. The number of hydrogen-bond acceptors (Lipinski definition) is 6. The second-order valence-corrected chi connectivity index (χ2v) is 9.24. The lowest BCUT2D eigenvalue weighted by molar-refractivity contribution is -0.120. The van der Waals surface area contributed by atoms with Crippen molar-refractivity contribution in [1.82, 2.24) is 15.0 Å². The van der Waals surface area contributed by atoms with Gasteiger partial charge in [0.1, 0.15) is 12.1 Å². The van der Waals surface area contributed by atoms with Gasteiger partial charge in [0.2, 0.25) is 5.91 Å². The summed E-state index contributed by atoms with van der Waals surface area (Å²) in [6.45, 7) is 3.57. The van der Waals surface area contributed by atoms with Crippen LogP contribution in [0.3, 0.4) is 0 Å². The summed E-state index contributed by atoms with van der Waals surface area (Å²) in [6, 6.07) is 20.0. The zero-order valence-corrected chi connectivity index (χ0v) is 19.3. The van der Waals surface area contributed by atoms with Crippen LogP contribution in [0.15, 0.2) is 72.4 Å². The predicted molar refractivity (Wildman–Crippen MR) is 133 cm³/mol. The Bertz CT molecular complexity index is 1250. The first-order valence-corrected chi connectivity index (χ1v) is 12.0. The minimum Gasteiger partial charge on any atom is -0.356 e.